The first-order valence-electron chi connectivity index (χ1n) is 11.4. The minimum atomic E-state index is 0.620. The summed E-state index contributed by atoms with van der Waals surface area (Å²) in [6.45, 7) is 11.2. The van der Waals surface area contributed by atoms with Crippen molar-refractivity contribution >= 4 is 17.7 Å². The zero-order valence-electron chi connectivity index (χ0n) is 19.2. The van der Waals surface area contributed by atoms with E-state index in [1.807, 2.05) is 30.5 Å². The van der Waals surface area contributed by atoms with Gasteiger partial charge in [-0.1, -0.05) is 29.8 Å². The van der Waals surface area contributed by atoms with Crippen LogP contribution < -0.4 is 15.1 Å². The summed E-state index contributed by atoms with van der Waals surface area (Å²) in [6, 6.07) is 12.3. The summed E-state index contributed by atoms with van der Waals surface area (Å²) in [5.74, 6) is 1.30. The van der Waals surface area contributed by atoms with E-state index in [4.69, 9.17) is 9.47 Å². The zero-order valence-corrected chi connectivity index (χ0v) is 19.2. The number of hydrogen-bond donors (Lipinski definition) is 1. The summed E-state index contributed by atoms with van der Waals surface area (Å²) in [4.78, 5) is 11.7. The first-order chi connectivity index (χ1) is 15.7. The molecule has 1 aromatic heterocycles. The number of nitrogens with one attached hydrogen (secondary N) is 1. The van der Waals surface area contributed by atoms with Crippen LogP contribution >= 0.6 is 0 Å². The number of aryl methyl sites for hydroxylation is 1. The molecule has 2 saturated heterocycles. The van der Waals surface area contributed by atoms with Crippen molar-refractivity contribution in [2.75, 3.05) is 83.0 Å². The third kappa shape index (κ3) is 6.66. The Morgan fingerprint density at radius 2 is 1.91 bits per heavy atom. The molecule has 0 amide bonds. The number of hydrogen-bond acceptors (Lipinski definition) is 8. The Labute approximate surface area is 190 Å². The highest BCUT2D eigenvalue weighted by Crippen LogP contribution is 2.25. The van der Waals surface area contributed by atoms with Crippen molar-refractivity contribution < 1.29 is 9.47 Å². The van der Waals surface area contributed by atoms with Gasteiger partial charge in [0.25, 0.3) is 0 Å². The molecule has 0 saturated carbocycles. The van der Waals surface area contributed by atoms with Crippen molar-refractivity contribution in [3.8, 4) is 5.88 Å². The molecule has 4 rings (SSSR count). The van der Waals surface area contributed by atoms with E-state index in [1.54, 1.807) is 0 Å². The standard InChI is InChI=1S/C24H34N6O2/c1-20-4-3-5-21(16-20)19-25-27-23-17-22(30-11-13-31-14-12-30)18-24(26-23)32-15-10-29-8-6-28(2)7-9-29/h3-5,16-19H,6-15H2,1-2H3,(H,26,27)/b25-19+. The Hall–Kier alpha value is -2.68. The predicted octanol–water partition coefficient (Wildman–Crippen LogP) is 2.30. The number of anilines is 2. The highest BCUT2D eigenvalue weighted by atomic mass is 16.5. The lowest BCUT2D eigenvalue weighted by atomic mass is 10.2. The molecule has 2 fully saturated rings. The molecular weight excluding hydrogens is 404 g/mol. The van der Waals surface area contributed by atoms with Crippen LogP contribution in [0.1, 0.15) is 11.1 Å². The number of benzene rings is 1. The van der Waals surface area contributed by atoms with E-state index >= 15 is 0 Å². The second-order valence-corrected chi connectivity index (χ2v) is 8.43. The molecule has 1 N–H and O–H groups in total. The minimum absolute atomic E-state index is 0.620. The first-order valence-corrected chi connectivity index (χ1v) is 11.4. The van der Waals surface area contributed by atoms with Gasteiger partial charge in [-0.05, 0) is 19.5 Å². The van der Waals surface area contributed by atoms with Gasteiger partial charge in [-0.15, -0.1) is 0 Å². The van der Waals surface area contributed by atoms with Crippen LogP contribution in [0.5, 0.6) is 5.88 Å². The van der Waals surface area contributed by atoms with E-state index < -0.39 is 0 Å². The largest absolute Gasteiger partial charge is 0.476 e. The van der Waals surface area contributed by atoms with E-state index in [1.165, 1.54) is 5.56 Å². The number of piperazine rings is 1. The average molecular weight is 439 g/mol. The van der Waals surface area contributed by atoms with Crippen molar-refractivity contribution in [2.24, 2.45) is 5.10 Å². The summed E-state index contributed by atoms with van der Waals surface area (Å²) in [7, 11) is 2.17. The van der Waals surface area contributed by atoms with Crippen LogP contribution in [0.15, 0.2) is 41.5 Å². The van der Waals surface area contributed by atoms with Gasteiger partial charge in [-0.3, -0.25) is 10.3 Å². The molecule has 0 atom stereocenters. The maximum Gasteiger partial charge on any atom is 0.217 e. The van der Waals surface area contributed by atoms with E-state index in [0.29, 0.717) is 18.3 Å². The van der Waals surface area contributed by atoms with Crippen molar-refractivity contribution in [3.05, 3.63) is 47.5 Å². The van der Waals surface area contributed by atoms with E-state index in [0.717, 1.165) is 70.3 Å². The number of likely N-dealkylation sites (N-methyl/N-ethyl adjacent to an activating group) is 1. The van der Waals surface area contributed by atoms with E-state index in [9.17, 15) is 0 Å². The second-order valence-electron chi connectivity index (χ2n) is 8.43. The molecule has 0 bridgehead atoms. The molecule has 2 aliphatic rings. The molecule has 2 aromatic rings. The number of hydrazone groups is 1. The van der Waals surface area contributed by atoms with Gasteiger partial charge in [-0.2, -0.15) is 10.1 Å². The molecular formula is C24H34N6O2. The SMILES string of the molecule is Cc1cccc(/C=N/Nc2cc(N3CCOCC3)cc(OCCN3CCN(C)CC3)n2)c1. The number of ether oxygens (including phenoxy) is 2. The van der Waals surface area contributed by atoms with Gasteiger partial charge in [-0.25, -0.2) is 0 Å². The van der Waals surface area contributed by atoms with Gasteiger partial charge in [0.05, 0.1) is 19.4 Å². The Kier molecular flexibility index (Phi) is 7.92. The fourth-order valence-corrected chi connectivity index (χ4v) is 3.90. The van der Waals surface area contributed by atoms with Crippen molar-refractivity contribution in [1.29, 1.82) is 0 Å². The Bertz CT molecular complexity index is 892. The molecule has 0 unspecified atom stereocenters. The molecule has 2 aliphatic heterocycles. The second kappa shape index (κ2) is 11.3. The van der Waals surface area contributed by atoms with Gasteiger partial charge in [0.1, 0.15) is 6.61 Å². The molecule has 0 radical (unpaired) electrons. The number of aromatic nitrogens is 1. The molecule has 8 heteroatoms. The highest BCUT2D eigenvalue weighted by Gasteiger charge is 2.16. The lowest BCUT2D eigenvalue weighted by Gasteiger charge is -2.32. The van der Waals surface area contributed by atoms with E-state index in [-0.39, 0.29) is 0 Å². The molecule has 32 heavy (non-hydrogen) atoms. The third-order valence-corrected chi connectivity index (χ3v) is 5.85. The van der Waals surface area contributed by atoms with Crippen LogP contribution in [-0.4, -0.2) is 93.7 Å². The summed E-state index contributed by atoms with van der Waals surface area (Å²) < 4.78 is 11.6. The van der Waals surface area contributed by atoms with Gasteiger partial charge < -0.3 is 19.3 Å². The average Bonchev–Trinajstić information content (AvgIpc) is 2.81. The van der Waals surface area contributed by atoms with Crippen LogP contribution in [0.25, 0.3) is 0 Å². The van der Waals surface area contributed by atoms with Gasteiger partial charge in [0.2, 0.25) is 5.88 Å². The van der Waals surface area contributed by atoms with Crippen molar-refractivity contribution in [1.82, 2.24) is 14.8 Å². The minimum Gasteiger partial charge on any atom is -0.476 e. The molecule has 172 valence electrons. The molecule has 0 aliphatic carbocycles. The Balaban J connectivity index is 1.41. The van der Waals surface area contributed by atoms with Gasteiger partial charge in [0, 0.05) is 63.6 Å². The maximum atomic E-state index is 6.07. The fraction of sp³-hybridized carbons (Fsp3) is 0.500. The number of pyridine rings is 1. The lowest BCUT2D eigenvalue weighted by molar-refractivity contribution is 0.122. The number of morpholine rings is 1. The number of rotatable bonds is 8. The normalized spacial score (nSPS) is 18.2. The van der Waals surface area contributed by atoms with Crippen LogP contribution in [-0.2, 0) is 4.74 Å². The lowest BCUT2D eigenvalue weighted by Crippen LogP contribution is -2.45. The fourth-order valence-electron chi connectivity index (χ4n) is 3.90. The smallest absolute Gasteiger partial charge is 0.217 e. The van der Waals surface area contributed by atoms with Gasteiger partial charge >= 0.3 is 0 Å². The quantitative estimate of drug-likeness (QED) is 0.501. The summed E-state index contributed by atoms with van der Waals surface area (Å²) in [5, 5.41) is 4.39. The van der Waals surface area contributed by atoms with Crippen LogP contribution in [0.2, 0.25) is 0 Å². The molecule has 8 nitrogen and oxygen atoms in total. The highest BCUT2D eigenvalue weighted by molar-refractivity contribution is 5.80. The number of nitrogens with zero attached hydrogens (tertiary/aromatic N) is 5. The maximum absolute atomic E-state index is 6.07. The monoisotopic (exact) mass is 438 g/mol. The van der Waals surface area contributed by atoms with Crippen molar-refractivity contribution in [2.45, 2.75) is 6.92 Å². The van der Waals surface area contributed by atoms with Crippen LogP contribution in [0.3, 0.4) is 0 Å². The third-order valence-electron chi connectivity index (χ3n) is 5.85. The van der Waals surface area contributed by atoms with Gasteiger partial charge in [0.15, 0.2) is 5.82 Å². The molecule has 0 spiro atoms. The summed E-state index contributed by atoms with van der Waals surface area (Å²) in [6.07, 6.45) is 1.81. The summed E-state index contributed by atoms with van der Waals surface area (Å²) in [5.41, 5.74) is 6.41. The van der Waals surface area contributed by atoms with Crippen LogP contribution in [0, 0.1) is 6.92 Å². The summed E-state index contributed by atoms with van der Waals surface area (Å²) >= 11 is 0. The Morgan fingerprint density at radius 3 is 2.69 bits per heavy atom. The Morgan fingerprint density at radius 1 is 1.09 bits per heavy atom. The predicted molar refractivity (Wildman–Crippen MR) is 129 cm³/mol. The first kappa shape index (κ1) is 22.5. The van der Waals surface area contributed by atoms with Crippen LogP contribution in [0.4, 0.5) is 11.5 Å². The van der Waals surface area contributed by atoms with Crippen molar-refractivity contribution in [3.63, 3.8) is 0 Å². The van der Waals surface area contributed by atoms with E-state index in [2.05, 4.69) is 56.3 Å². The molecule has 3 heterocycles. The molecule has 1 aromatic carbocycles. The zero-order chi connectivity index (χ0) is 22.2. The topological polar surface area (TPSA) is 65.5 Å².